The van der Waals surface area contributed by atoms with Crippen molar-refractivity contribution in [1.82, 2.24) is 0 Å². The molecule has 0 spiro atoms. The molecule has 0 aromatic heterocycles. The van der Waals surface area contributed by atoms with Crippen LogP contribution in [-0.2, 0) is 5.60 Å². The summed E-state index contributed by atoms with van der Waals surface area (Å²) < 4.78 is 44.4. The number of halogens is 3. The number of ether oxygens (including phenoxy) is 1. The Morgan fingerprint density at radius 1 is 0.905 bits per heavy atom. The van der Waals surface area contributed by atoms with Crippen molar-refractivity contribution in [2.45, 2.75) is 25.1 Å². The second-order valence-electron chi connectivity index (χ2n) is 4.65. The summed E-state index contributed by atoms with van der Waals surface area (Å²) in [6.45, 7) is 1.29. The van der Waals surface area contributed by atoms with Crippen LogP contribution in [0.5, 0.6) is 11.5 Å². The fourth-order valence-electron chi connectivity index (χ4n) is 1.99. The highest BCUT2D eigenvalue weighted by Crippen LogP contribution is 2.41. The molecule has 2 rings (SSSR count). The topological polar surface area (TPSA) is 29.5 Å². The molecule has 1 N–H and O–H groups in total. The van der Waals surface area contributed by atoms with Crippen molar-refractivity contribution in [3.8, 4) is 11.5 Å². The maximum Gasteiger partial charge on any atom is 0.421 e. The third kappa shape index (κ3) is 3.19. The molecule has 2 nitrogen and oxygen atoms in total. The SMILES string of the molecule is CCC(O)(c1ccc(Oc2ccccc2)cc1)C(F)(F)F. The quantitative estimate of drug-likeness (QED) is 0.890. The monoisotopic (exact) mass is 296 g/mol. The lowest BCUT2D eigenvalue weighted by Gasteiger charge is -2.29. The molecule has 0 radical (unpaired) electrons. The first-order valence-electron chi connectivity index (χ1n) is 6.49. The van der Waals surface area contributed by atoms with Gasteiger partial charge in [-0.1, -0.05) is 37.3 Å². The van der Waals surface area contributed by atoms with E-state index in [1.54, 1.807) is 24.3 Å². The summed E-state index contributed by atoms with van der Waals surface area (Å²) in [4.78, 5) is 0. The van der Waals surface area contributed by atoms with E-state index in [1.165, 1.54) is 31.2 Å². The van der Waals surface area contributed by atoms with E-state index in [0.29, 0.717) is 11.5 Å². The number of aliphatic hydroxyl groups is 1. The third-order valence-corrected chi connectivity index (χ3v) is 3.29. The summed E-state index contributed by atoms with van der Waals surface area (Å²) in [5.74, 6) is 0.998. The molecule has 2 aromatic rings. The van der Waals surface area contributed by atoms with Gasteiger partial charge in [0, 0.05) is 0 Å². The van der Waals surface area contributed by atoms with E-state index in [0.717, 1.165) is 0 Å². The average Bonchev–Trinajstić information content (AvgIpc) is 2.47. The van der Waals surface area contributed by atoms with Crippen molar-refractivity contribution >= 4 is 0 Å². The third-order valence-electron chi connectivity index (χ3n) is 3.29. The molecule has 21 heavy (non-hydrogen) atoms. The highest BCUT2D eigenvalue weighted by Gasteiger charge is 2.53. The van der Waals surface area contributed by atoms with Crippen LogP contribution in [0, 0.1) is 0 Å². The van der Waals surface area contributed by atoms with E-state index in [4.69, 9.17) is 4.74 Å². The van der Waals surface area contributed by atoms with Crippen molar-refractivity contribution in [1.29, 1.82) is 0 Å². The molecule has 1 unspecified atom stereocenters. The molecule has 0 aliphatic heterocycles. The first-order valence-corrected chi connectivity index (χ1v) is 6.49. The van der Waals surface area contributed by atoms with E-state index in [2.05, 4.69) is 0 Å². The Morgan fingerprint density at radius 2 is 1.43 bits per heavy atom. The molecule has 0 bridgehead atoms. The van der Waals surface area contributed by atoms with Crippen molar-refractivity contribution in [3.05, 3.63) is 60.2 Å². The molecule has 0 amide bonds. The lowest BCUT2D eigenvalue weighted by molar-refractivity contribution is -0.267. The van der Waals surface area contributed by atoms with Gasteiger partial charge in [-0.25, -0.2) is 0 Å². The van der Waals surface area contributed by atoms with E-state index in [9.17, 15) is 18.3 Å². The summed E-state index contributed by atoms with van der Waals surface area (Å²) in [5, 5.41) is 9.84. The lowest BCUT2D eigenvalue weighted by atomic mass is 9.90. The summed E-state index contributed by atoms with van der Waals surface area (Å²) in [6.07, 6.45) is -5.17. The highest BCUT2D eigenvalue weighted by molar-refractivity contribution is 5.35. The van der Waals surface area contributed by atoms with Crippen molar-refractivity contribution in [2.24, 2.45) is 0 Å². The minimum atomic E-state index is -4.72. The molecular weight excluding hydrogens is 281 g/mol. The van der Waals surface area contributed by atoms with E-state index >= 15 is 0 Å². The zero-order valence-electron chi connectivity index (χ0n) is 11.4. The van der Waals surface area contributed by atoms with Crippen molar-refractivity contribution in [3.63, 3.8) is 0 Å². The maximum atomic E-state index is 13.0. The average molecular weight is 296 g/mol. The molecule has 5 heteroatoms. The van der Waals surface area contributed by atoms with Gasteiger partial charge in [0.15, 0.2) is 5.60 Å². The van der Waals surface area contributed by atoms with Crippen LogP contribution in [0.2, 0.25) is 0 Å². The number of alkyl halides is 3. The predicted octanol–water partition coefficient (Wildman–Crippen LogP) is 4.64. The van der Waals surface area contributed by atoms with E-state index in [1.807, 2.05) is 6.07 Å². The maximum absolute atomic E-state index is 13.0. The molecule has 112 valence electrons. The van der Waals surface area contributed by atoms with Gasteiger partial charge in [0.2, 0.25) is 0 Å². The number of para-hydroxylation sites is 1. The van der Waals surface area contributed by atoms with Crippen LogP contribution in [0.25, 0.3) is 0 Å². The van der Waals surface area contributed by atoms with Crippen LogP contribution in [0.1, 0.15) is 18.9 Å². The van der Waals surface area contributed by atoms with Crippen molar-refractivity contribution in [2.75, 3.05) is 0 Å². The molecule has 0 aliphatic rings. The summed E-state index contributed by atoms with van der Waals surface area (Å²) >= 11 is 0. The van der Waals surface area contributed by atoms with E-state index in [-0.39, 0.29) is 5.56 Å². The van der Waals surface area contributed by atoms with Crippen LogP contribution in [0.15, 0.2) is 54.6 Å². The molecular formula is C16H15F3O2. The van der Waals surface area contributed by atoms with Gasteiger partial charge in [-0.3, -0.25) is 0 Å². The standard InChI is InChI=1S/C16H15F3O2/c1-2-15(20,16(17,18)19)12-8-10-14(11-9-12)21-13-6-4-3-5-7-13/h3-11,20H,2H2,1H3. The number of hydrogen-bond donors (Lipinski definition) is 1. The zero-order chi connectivity index (χ0) is 15.5. The Hall–Kier alpha value is -2.01. The molecule has 0 saturated heterocycles. The second-order valence-corrected chi connectivity index (χ2v) is 4.65. The lowest BCUT2D eigenvalue weighted by Crippen LogP contribution is -2.41. The summed E-state index contributed by atoms with van der Waals surface area (Å²) in [6, 6.07) is 14.2. The van der Waals surface area contributed by atoms with Gasteiger partial charge in [-0.05, 0) is 36.2 Å². The first kappa shape index (κ1) is 15.4. The molecule has 0 saturated carbocycles. The van der Waals surface area contributed by atoms with Crippen molar-refractivity contribution < 1.29 is 23.0 Å². The van der Waals surface area contributed by atoms with Crippen LogP contribution in [-0.4, -0.2) is 11.3 Å². The first-order chi connectivity index (χ1) is 9.87. The molecule has 0 aliphatic carbocycles. The van der Waals surface area contributed by atoms with Crippen LogP contribution in [0.3, 0.4) is 0 Å². The molecule has 0 fully saturated rings. The molecule has 0 heterocycles. The smallest absolute Gasteiger partial charge is 0.421 e. The Kier molecular flexibility index (Phi) is 4.23. The van der Waals surface area contributed by atoms with Gasteiger partial charge >= 0.3 is 6.18 Å². The second kappa shape index (κ2) is 5.77. The van der Waals surface area contributed by atoms with Gasteiger partial charge in [-0.15, -0.1) is 0 Å². The summed E-state index contributed by atoms with van der Waals surface area (Å²) in [5.41, 5.74) is -3.03. The highest BCUT2D eigenvalue weighted by atomic mass is 19.4. The minimum Gasteiger partial charge on any atom is -0.457 e. The number of hydrogen-bond acceptors (Lipinski definition) is 2. The minimum absolute atomic E-state index is 0.196. The van der Waals surface area contributed by atoms with Gasteiger partial charge in [-0.2, -0.15) is 13.2 Å². The Balaban J connectivity index is 2.23. The van der Waals surface area contributed by atoms with Gasteiger partial charge in [0.25, 0.3) is 0 Å². The van der Waals surface area contributed by atoms with Gasteiger partial charge in [0.1, 0.15) is 11.5 Å². The Bertz CT molecular complexity index is 579. The van der Waals surface area contributed by atoms with Gasteiger partial charge in [0.05, 0.1) is 0 Å². The Labute approximate surface area is 120 Å². The fourth-order valence-corrected chi connectivity index (χ4v) is 1.99. The van der Waals surface area contributed by atoms with E-state index < -0.39 is 18.2 Å². The predicted molar refractivity (Wildman–Crippen MR) is 73.2 cm³/mol. The zero-order valence-corrected chi connectivity index (χ0v) is 11.4. The molecule has 1 atom stereocenters. The number of benzene rings is 2. The molecule has 2 aromatic carbocycles. The Morgan fingerprint density at radius 3 is 1.90 bits per heavy atom. The summed E-state index contributed by atoms with van der Waals surface area (Å²) in [7, 11) is 0. The van der Waals surface area contributed by atoms with Crippen LogP contribution >= 0.6 is 0 Å². The fraction of sp³-hybridized carbons (Fsp3) is 0.250. The largest absolute Gasteiger partial charge is 0.457 e. The van der Waals surface area contributed by atoms with Crippen LogP contribution in [0.4, 0.5) is 13.2 Å². The normalized spacial score (nSPS) is 14.5. The number of rotatable bonds is 4. The van der Waals surface area contributed by atoms with Gasteiger partial charge < -0.3 is 9.84 Å². The van der Waals surface area contributed by atoms with Crippen LogP contribution < -0.4 is 4.74 Å².